The van der Waals surface area contributed by atoms with Crippen LogP contribution >= 0.6 is 0 Å². The fourth-order valence-electron chi connectivity index (χ4n) is 3.72. The number of hydrogen-bond donors (Lipinski definition) is 1. The average Bonchev–Trinajstić information content (AvgIpc) is 3.22. The Kier molecular flexibility index (Phi) is 9.73. The second kappa shape index (κ2) is 12.3. The molecule has 0 spiro atoms. The smallest absolute Gasteiger partial charge is 0.229 e. The van der Waals surface area contributed by atoms with Gasteiger partial charge in [-0.05, 0) is 50.4 Å². The second-order valence-corrected chi connectivity index (χ2v) is 7.07. The van der Waals surface area contributed by atoms with Crippen molar-refractivity contribution in [3.63, 3.8) is 0 Å². The van der Waals surface area contributed by atoms with Gasteiger partial charge in [-0.3, -0.25) is 4.79 Å². The van der Waals surface area contributed by atoms with Crippen molar-refractivity contribution < 1.29 is 9.53 Å². The normalized spacial score (nSPS) is 18.2. The molecule has 1 N–H and O–H groups in total. The van der Waals surface area contributed by atoms with Crippen molar-refractivity contribution in [1.82, 2.24) is 5.32 Å². The van der Waals surface area contributed by atoms with Crippen LogP contribution in [-0.4, -0.2) is 38.8 Å². The quantitative estimate of drug-likeness (QED) is 0.769. The molecular weight excluding hydrogens is 348 g/mol. The first-order valence-electron chi connectivity index (χ1n) is 10.3. The van der Waals surface area contributed by atoms with Crippen molar-refractivity contribution in [2.45, 2.75) is 51.1 Å². The zero-order valence-corrected chi connectivity index (χ0v) is 17.4. The molecule has 0 saturated heterocycles. The molecule has 2 aromatic rings. The number of methoxy groups -OCH3 is 1. The Morgan fingerprint density at radius 2 is 1.71 bits per heavy atom. The molecule has 1 saturated carbocycles. The maximum Gasteiger partial charge on any atom is 0.229 e. The van der Waals surface area contributed by atoms with Gasteiger partial charge in [0.25, 0.3) is 0 Å². The lowest BCUT2D eigenvalue weighted by Gasteiger charge is -2.33. The van der Waals surface area contributed by atoms with Gasteiger partial charge in [0.05, 0.1) is 19.1 Å². The first kappa shape index (κ1) is 22.1. The molecule has 1 aliphatic rings. The highest BCUT2D eigenvalue weighted by atomic mass is 16.5. The summed E-state index contributed by atoms with van der Waals surface area (Å²) in [6.45, 7) is 2.63. The van der Waals surface area contributed by atoms with Gasteiger partial charge >= 0.3 is 0 Å². The molecule has 0 radical (unpaired) electrons. The van der Waals surface area contributed by atoms with Crippen LogP contribution in [0.3, 0.4) is 0 Å². The number of amides is 1. The zero-order valence-electron chi connectivity index (χ0n) is 17.4. The Morgan fingerprint density at radius 3 is 2.25 bits per heavy atom. The van der Waals surface area contributed by atoms with E-state index in [9.17, 15) is 4.79 Å². The number of rotatable bonds is 7. The van der Waals surface area contributed by atoms with Crippen LogP contribution in [-0.2, 0) is 16.0 Å². The Balaban J connectivity index is 0.000000292. The lowest BCUT2D eigenvalue weighted by atomic mass is 10.1. The lowest BCUT2D eigenvalue weighted by molar-refractivity contribution is -0.120. The van der Waals surface area contributed by atoms with Gasteiger partial charge in [-0.25, -0.2) is 0 Å². The number of benzene rings is 2. The third-order valence-electron chi connectivity index (χ3n) is 5.26. The van der Waals surface area contributed by atoms with Crippen molar-refractivity contribution in [3.05, 3.63) is 66.2 Å². The largest absolute Gasteiger partial charge is 0.384 e. The monoisotopic (exact) mass is 382 g/mol. The number of nitrogens with one attached hydrogen (secondary N) is 1. The van der Waals surface area contributed by atoms with Gasteiger partial charge in [0, 0.05) is 18.8 Å². The maximum atomic E-state index is 12.6. The van der Waals surface area contributed by atoms with Crippen LogP contribution in [0.25, 0.3) is 0 Å². The fraction of sp³-hybridized carbons (Fsp3) is 0.458. The molecule has 4 nitrogen and oxygen atoms in total. The maximum absolute atomic E-state index is 12.6. The van der Waals surface area contributed by atoms with E-state index >= 15 is 0 Å². The second-order valence-electron chi connectivity index (χ2n) is 7.07. The molecule has 0 aliphatic heterocycles. The number of para-hydroxylation sites is 1. The minimum absolute atomic E-state index is 0.144. The molecule has 0 bridgehead atoms. The summed E-state index contributed by atoms with van der Waals surface area (Å²) in [5.74, 6) is 0.144. The summed E-state index contributed by atoms with van der Waals surface area (Å²) < 4.78 is 5.05. The third kappa shape index (κ3) is 6.47. The van der Waals surface area contributed by atoms with E-state index in [0.29, 0.717) is 19.1 Å². The summed E-state index contributed by atoms with van der Waals surface area (Å²) in [6, 6.07) is 21.0. The predicted molar refractivity (Wildman–Crippen MR) is 117 cm³/mol. The van der Waals surface area contributed by atoms with E-state index in [1.54, 1.807) is 7.11 Å². The molecule has 3 rings (SSSR count). The van der Waals surface area contributed by atoms with E-state index < -0.39 is 0 Å². The van der Waals surface area contributed by atoms with Gasteiger partial charge in [0.1, 0.15) is 0 Å². The number of carbonyl (C=O) groups excluding carboxylic acids is 1. The van der Waals surface area contributed by atoms with Gasteiger partial charge in [0.2, 0.25) is 5.91 Å². The summed E-state index contributed by atoms with van der Waals surface area (Å²) >= 11 is 0. The average molecular weight is 383 g/mol. The molecule has 1 fully saturated rings. The first-order chi connectivity index (χ1) is 13.7. The molecule has 28 heavy (non-hydrogen) atoms. The van der Waals surface area contributed by atoms with Crippen LogP contribution in [0.2, 0.25) is 0 Å². The zero-order chi connectivity index (χ0) is 20.2. The molecule has 1 amide bonds. The number of hydrogen-bond acceptors (Lipinski definition) is 3. The lowest BCUT2D eigenvalue weighted by Crippen LogP contribution is -2.49. The first-order valence-corrected chi connectivity index (χ1v) is 10.3. The van der Waals surface area contributed by atoms with Crippen molar-refractivity contribution >= 4 is 11.6 Å². The van der Waals surface area contributed by atoms with Gasteiger partial charge < -0.3 is 15.0 Å². The van der Waals surface area contributed by atoms with Gasteiger partial charge in [-0.2, -0.15) is 0 Å². The van der Waals surface area contributed by atoms with E-state index in [1.807, 2.05) is 48.3 Å². The van der Waals surface area contributed by atoms with Crippen LogP contribution in [0.1, 0.15) is 38.2 Å². The molecule has 152 valence electrons. The molecule has 2 aromatic carbocycles. The number of carbonyl (C=O) groups is 1. The molecule has 1 aliphatic carbocycles. The summed E-state index contributed by atoms with van der Waals surface area (Å²) in [7, 11) is 3.61. The Labute approximate surface area is 169 Å². The Morgan fingerprint density at radius 1 is 1.07 bits per heavy atom. The number of anilines is 1. The number of aryl methyl sites for hydroxylation is 1. The highest BCUT2D eigenvalue weighted by molar-refractivity contribution is 5.94. The number of ether oxygens (including phenoxy) is 1. The third-order valence-corrected chi connectivity index (χ3v) is 5.26. The minimum Gasteiger partial charge on any atom is -0.384 e. The van der Waals surface area contributed by atoms with Crippen LogP contribution in [0.15, 0.2) is 60.7 Å². The van der Waals surface area contributed by atoms with E-state index in [-0.39, 0.29) is 11.9 Å². The Bertz CT molecular complexity index is 676. The van der Waals surface area contributed by atoms with Crippen LogP contribution < -0.4 is 10.2 Å². The molecule has 4 heteroatoms. The van der Waals surface area contributed by atoms with Crippen LogP contribution in [0.5, 0.6) is 0 Å². The summed E-state index contributed by atoms with van der Waals surface area (Å²) in [4.78, 5) is 14.5. The Hall–Kier alpha value is -2.17. The highest BCUT2D eigenvalue weighted by Gasteiger charge is 2.34. The molecule has 2 atom stereocenters. The summed E-state index contributed by atoms with van der Waals surface area (Å²) in [5.41, 5.74) is 2.40. The topological polar surface area (TPSA) is 41.6 Å². The van der Waals surface area contributed by atoms with Gasteiger partial charge in [-0.15, -0.1) is 0 Å². The summed E-state index contributed by atoms with van der Waals surface area (Å²) in [6.07, 6.45) is 4.91. The van der Waals surface area contributed by atoms with Crippen molar-refractivity contribution in [2.75, 3.05) is 25.7 Å². The highest BCUT2D eigenvalue weighted by Crippen LogP contribution is 2.29. The number of nitrogens with zero attached hydrogens (tertiary/aromatic N) is 1. The van der Waals surface area contributed by atoms with Gasteiger partial charge in [-0.1, -0.05) is 55.5 Å². The van der Waals surface area contributed by atoms with Crippen molar-refractivity contribution in [3.8, 4) is 0 Å². The van der Waals surface area contributed by atoms with E-state index in [1.165, 1.54) is 5.56 Å². The molecule has 2 unspecified atom stereocenters. The molecule has 0 heterocycles. The van der Waals surface area contributed by atoms with E-state index in [0.717, 1.165) is 31.4 Å². The number of likely N-dealkylation sites (N-methyl/N-ethyl adjacent to an activating group) is 1. The standard InChI is InChI=1S/C16H24N2O2.C8H10/c1-17-14-9-6-10-15(14)18(16(19)11-12-20-2)13-7-4-3-5-8-13;1-2-8-6-4-3-5-7-8/h3-5,7-8,14-15,17H,6,9-12H2,1-2H3;3-7H,2H2,1H3. The van der Waals surface area contributed by atoms with Crippen molar-refractivity contribution in [1.29, 1.82) is 0 Å². The van der Waals surface area contributed by atoms with E-state index in [2.05, 4.69) is 36.5 Å². The molecular formula is C24H34N2O2. The fourth-order valence-corrected chi connectivity index (χ4v) is 3.72. The minimum atomic E-state index is 0.144. The predicted octanol–water partition coefficient (Wildman–Crippen LogP) is 4.45. The van der Waals surface area contributed by atoms with E-state index in [4.69, 9.17) is 4.74 Å². The van der Waals surface area contributed by atoms with Gasteiger partial charge in [0.15, 0.2) is 0 Å². The summed E-state index contributed by atoms with van der Waals surface area (Å²) in [5, 5.41) is 3.35. The molecule has 0 aromatic heterocycles. The van der Waals surface area contributed by atoms with Crippen LogP contribution in [0.4, 0.5) is 5.69 Å². The SMILES string of the molecule is CCc1ccccc1.CNC1CCCC1N(C(=O)CCOC)c1ccccc1. The van der Waals surface area contributed by atoms with Crippen LogP contribution in [0, 0.1) is 0 Å². The van der Waals surface area contributed by atoms with Crippen molar-refractivity contribution in [2.24, 2.45) is 0 Å².